The van der Waals surface area contributed by atoms with Crippen molar-refractivity contribution in [1.82, 2.24) is 0 Å². The van der Waals surface area contributed by atoms with E-state index in [0.717, 1.165) is 0 Å². The van der Waals surface area contributed by atoms with Crippen LogP contribution in [0, 0.1) is 0 Å². The molecule has 0 saturated heterocycles. The fourth-order valence-electron chi connectivity index (χ4n) is 2.03. The fraction of sp³-hybridized carbons (Fsp3) is 0.250. The van der Waals surface area contributed by atoms with Crippen LogP contribution in [0.1, 0.15) is 6.92 Å². The number of ether oxygens (including phenoxy) is 3. The van der Waals surface area contributed by atoms with Crippen LogP contribution >= 0.6 is 11.6 Å². The second kappa shape index (κ2) is 7.63. The third kappa shape index (κ3) is 4.04. The van der Waals surface area contributed by atoms with E-state index in [2.05, 4.69) is 4.72 Å². The molecule has 0 bridgehead atoms. The van der Waals surface area contributed by atoms with Gasteiger partial charge in [-0.3, -0.25) is 4.72 Å². The molecule has 130 valence electrons. The van der Waals surface area contributed by atoms with Crippen molar-refractivity contribution in [2.75, 3.05) is 25.5 Å². The molecular formula is C16H18ClNO5S. The summed E-state index contributed by atoms with van der Waals surface area (Å²) in [5, 5.41) is 0.266. The van der Waals surface area contributed by atoms with E-state index in [4.69, 9.17) is 25.8 Å². The van der Waals surface area contributed by atoms with Crippen LogP contribution in [0.25, 0.3) is 0 Å². The Morgan fingerprint density at radius 2 is 1.67 bits per heavy atom. The minimum absolute atomic E-state index is 0.0972. The fourth-order valence-corrected chi connectivity index (χ4v) is 3.33. The minimum Gasteiger partial charge on any atom is -0.495 e. The molecule has 0 aliphatic heterocycles. The van der Waals surface area contributed by atoms with Crippen LogP contribution in [0.4, 0.5) is 5.69 Å². The molecule has 2 rings (SSSR count). The highest BCUT2D eigenvalue weighted by atomic mass is 35.5. The summed E-state index contributed by atoms with van der Waals surface area (Å²) < 4.78 is 43.1. The first-order chi connectivity index (χ1) is 11.4. The van der Waals surface area contributed by atoms with Gasteiger partial charge in [-0.2, -0.15) is 0 Å². The Morgan fingerprint density at radius 1 is 1.04 bits per heavy atom. The third-order valence-electron chi connectivity index (χ3n) is 3.16. The van der Waals surface area contributed by atoms with E-state index < -0.39 is 10.0 Å². The van der Waals surface area contributed by atoms with Gasteiger partial charge in [0.15, 0.2) is 0 Å². The van der Waals surface area contributed by atoms with Crippen molar-refractivity contribution in [1.29, 1.82) is 0 Å². The lowest BCUT2D eigenvalue weighted by Gasteiger charge is -2.14. The van der Waals surface area contributed by atoms with Crippen molar-refractivity contribution in [3.63, 3.8) is 0 Å². The Kier molecular flexibility index (Phi) is 5.80. The molecular weight excluding hydrogens is 354 g/mol. The summed E-state index contributed by atoms with van der Waals surface area (Å²) in [6.07, 6.45) is 0. The number of benzene rings is 2. The smallest absolute Gasteiger partial charge is 0.262 e. The van der Waals surface area contributed by atoms with Crippen LogP contribution in [-0.2, 0) is 10.0 Å². The number of nitrogens with one attached hydrogen (secondary N) is 1. The van der Waals surface area contributed by atoms with Crippen molar-refractivity contribution < 1.29 is 22.6 Å². The van der Waals surface area contributed by atoms with E-state index in [0.29, 0.717) is 23.9 Å². The van der Waals surface area contributed by atoms with E-state index in [1.165, 1.54) is 38.5 Å². The highest BCUT2D eigenvalue weighted by Crippen LogP contribution is 2.37. The molecule has 2 aromatic carbocycles. The number of rotatable bonds is 7. The summed E-state index contributed by atoms with van der Waals surface area (Å²) >= 11 is 6.06. The summed E-state index contributed by atoms with van der Waals surface area (Å²) in [6, 6.07) is 9.06. The lowest BCUT2D eigenvalue weighted by Crippen LogP contribution is -2.13. The van der Waals surface area contributed by atoms with Gasteiger partial charge in [-0.05, 0) is 37.3 Å². The minimum atomic E-state index is -3.80. The molecule has 6 nitrogen and oxygen atoms in total. The number of anilines is 1. The average molecular weight is 372 g/mol. The predicted molar refractivity (Wildman–Crippen MR) is 93.0 cm³/mol. The Bertz CT molecular complexity index is 806. The topological polar surface area (TPSA) is 73.9 Å². The van der Waals surface area contributed by atoms with Crippen molar-refractivity contribution in [3.8, 4) is 17.2 Å². The normalized spacial score (nSPS) is 11.0. The SMILES string of the molecule is CCOc1ccc(S(=O)(=O)Nc2cc(Cl)c(OC)cc2OC)cc1. The Hall–Kier alpha value is -2.12. The van der Waals surface area contributed by atoms with E-state index in [1.54, 1.807) is 12.1 Å². The van der Waals surface area contributed by atoms with Crippen molar-refractivity contribution in [3.05, 3.63) is 41.4 Å². The van der Waals surface area contributed by atoms with Crippen LogP contribution in [0.3, 0.4) is 0 Å². The molecule has 24 heavy (non-hydrogen) atoms. The van der Waals surface area contributed by atoms with E-state index in [9.17, 15) is 8.42 Å². The summed E-state index contributed by atoms with van der Waals surface area (Å²) in [5.74, 6) is 1.28. The van der Waals surface area contributed by atoms with E-state index >= 15 is 0 Å². The first-order valence-corrected chi connectivity index (χ1v) is 8.94. The van der Waals surface area contributed by atoms with Gasteiger partial charge in [-0.1, -0.05) is 11.6 Å². The standard InChI is InChI=1S/C16H18ClNO5S/c1-4-23-11-5-7-12(8-6-11)24(19,20)18-14-9-13(17)15(21-2)10-16(14)22-3/h5-10,18H,4H2,1-3H3. The molecule has 0 heterocycles. The first-order valence-electron chi connectivity index (χ1n) is 7.08. The van der Waals surface area contributed by atoms with Crippen LogP contribution in [-0.4, -0.2) is 29.2 Å². The maximum atomic E-state index is 12.5. The van der Waals surface area contributed by atoms with Crippen LogP contribution in [0.2, 0.25) is 5.02 Å². The molecule has 0 aromatic heterocycles. The van der Waals surface area contributed by atoms with Crippen LogP contribution in [0.5, 0.6) is 17.2 Å². The molecule has 0 aliphatic carbocycles. The number of hydrogen-bond acceptors (Lipinski definition) is 5. The predicted octanol–water partition coefficient (Wildman–Crippen LogP) is 3.56. The van der Waals surface area contributed by atoms with Gasteiger partial charge >= 0.3 is 0 Å². The molecule has 0 spiro atoms. The van der Waals surface area contributed by atoms with Crippen molar-refractivity contribution in [2.45, 2.75) is 11.8 Å². The number of hydrogen-bond donors (Lipinski definition) is 1. The summed E-state index contributed by atoms with van der Waals surface area (Å²) in [4.78, 5) is 0.0972. The van der Waals surface area contributed by atoms with Gasteiger partial charge in [-0.15, -0.1) is 0 Å². The van der Waals surface area contributed by atoms with Crippen LogP contribution < -0.4 is 18.9 Å². The molecule has 0 unspecified atom stereocenters. The second-order valence-electron chi connectivity index (χ2n) is 4.70. The quantitative estimate of drug-likeness (QED) is 0.805. The van der Waals surface area contributed by atoms with Gasteiger partial charge in [-0.25, -0.2) is 8.42 Å². The summed E-state index contributed by atoms with van der Waals surface area (Å²) in [5.41, 5.74) is 0.220. The maximum Gasteiger partial charge on any atom is 0.262 e. The van der Waals surface area contributed by atoms with Gasteiger partial charge in [0, 0.05) is 6.07 Å². The molecule has 0 fully saturated rings. The first kappa shape index (κ1) is 18.2. The monoisotopic (exact) mass is 371 g/mol. The molecule has 8 heteroatoms. The number of halogens is 1. The lowest BCUT2D eigenvalue weighted by molar-refractivity contribution is 0.340. The zero-order valence-corrected chi connectivity index (χ0v) is 15.1. The number of methoxy groups -OCH3 is 2. The highest BCUT2D eigenvalue weighted by Gasteiger charge is 2.18. The molecule has 0 aliphatic rings. The van der Waals surface area contributed by atoms with E-state index in [1.807, 2.05) is 6.92 Å². The van der Waals surface area contributed by atoms with Gasteiger partial charge in [0.05, 0.1) is 36.4 Å². The van der Waals surface area contributed by atoms with Crippen molar-refractivity contribution in [2.24, 2.45) is 0 Å². The van der Waals surface area contributed by atoms with Crippen molar-refractivity contribution >= 4 is 27.3 Å². The zero-order chi connectivity index (χ0) is 17.7. The van der Waals surface area contributed by atoms with Gasteiger partial charge < -0.3 is 14.2 Å². The highest BCUT2D eigenvalue weighted by molar-refractivity contribution is 7.92. The molecule has 0 saturated carbocycles. The van der Waals surface area contributed by atoms with Gasteiger partial charge in [0.1, 0.15) is 17.2 Å². The zero-order valence-electron chi connectivity index (χ0n) is 13.5. The van der Waals surface area contributed by atoms with Crippen LogP contribution in [0.15, 0.2) is 41.3 Å². The molecule has 1 N–H and O–H groups in total. The van der Waals surface area contributed by atoms with Gasteiger partial charge in [0.2, 0.25) is 0 Å². The van der Waals surface area contributed by atoms with E-state index in [-0.39, 0.29) is 15.6 Å². The number of sulfonamides is 1. The molecule has 2 aromatic rings. The Morgan fingerprint density at radius 3 is 2.21 bits per heavy atom. The third-order valence-corrected chi connectivity index (χ3v) is 4.84. The second-order valence-corrected chi connectivity index (χ2v) is 6.79. The maximum absolute atomic E-state index is 12.5. The molecule has 0 amide bonds. The van der Waals surface area contributed by atoms with Gasteiger partial charge in [0.25, 0.3) is 10.0 Å². The largest absolute Gasteiger partial charge is 0.495 e. The lowest BCUT2D eigenvalue weighted by atomic mass is 10.3. The Balaban J connectivity index is 2.33. The molecule has 0 radical (unpaired) electrons. The Labute approximate surface area is 146 Å². The summed E-state index contributed by atoms with van der Waals surface area (Å²) in [6.45, 7) is 2.36. The molecule has 0 atom stereocenters. The summed E-state index contributed by atoms with van der Waals surface area (Å²) in [7, 11) is -0.908. The average Bonchev–Trinajstić information content (AvgIpc) is 2.55.